The third-order valence-electron chi connectivity index (χ3n) is 2.22. The van der Waals surface area contributed by atoms with Gasteiger partial charge in [-0.15, -0.1) is 0 Å². The van der Waals surface area contributed by atoms with Gasteiger partial charge < -0.3 is 10.1 Å². The van der Waals surface area contributed by atoms with E-state index in [4.69, 9.17) is 4.74 Å². The molecule has 1 aliphatic rings. The number of benzene rings is 1. The summed E-state index contributed by atoms with van der Waals surface area (Å²) in [5.74, 6) is 1.97. The molecule has 2 rings (SSSR count). The van der Waals surface area contributed by atoms with Crippen molar-refractivity contribution in [1.29, 1.82) is 0 Å². The van der Waals surface area contributed by atoms with E-state index in [9.17, 15) is 0 Å². The smallest absolute Gasteiger partial charge is 0.161 e. The molecule has 0 aromatic heterocycles. The quantitative estimate of drug-likeness (QED) is 0.876. The molecule has 0 bridgehead atoms. The first-order valence-corrected chi connectivity index (χ1v) is 6.47. The molecule has 0 fully saturated rings. The van der Waals surface area contributed by atoms with Gasteiger partial charge in [0.15, 0.2) is 5.17 Å². The number of nitrogens with zero attached hydrogens (tertiary/aromatic N) is 1. The van der Waals surface area contributed by atoms with Gasteiger partial charge in [-0.05, 0) is 38.1 Å². The molecule has 1 heterocycles. The molecule has 0 amide bonds. The first-order valence-electron chi connectivity index (χ1n) is 5.48. The van der Waals surface area contributed by atoms with E-state index in [1.165, 1.54) is 0 Å². The van der Waals surface area contributed by atoms with E-state index in [0.717, 1.165) is 22.4 Å². The van der Waals surface area contributed by atoms with Gasteiger partial charge in [-0.3, -0.25) is 4.99 Å². The van der Waals surface area contributed by atoms with Crippen molar-refractivity contribution in [2.24, 2.45) is 4.99 Å². The summed E-state index contributed by atoms with van der Waals surface area (Å²) in [5, 5.41) is 4.31. The lowest BCUT2D eigenvalue weighted by Crippen LogP contribution is -2.04. The number of hydrogen-bond acceptors (Lipinski definition) is 4. The summed E-state index contributed by atoms with van der Waals surface area (Å²) in [5.41, 5.74) is 1.06. The highest BCUT2D eigenvalue weighted by molar-refractivity contribution is 8.14. The Morgan fingerprint density at radius 1 is 1.44 bits per heavy atom. The highest BCUT2D eigenvalue weighted by Crippen LogP contribution is 2.21. The van der Waals surface area contributed by atoms with E-state index in [1.807, 2.05) is 31.2 Å². The van der Waals surface area contributed by atoms with Crippen LogP contribution in [-0.4, -0.2) is 23.6 Å². The van der Waals surface area contributed by atoms with Crippen LogP contribution in [0, 0.1) is 0 Å². The van der Waals surface area contributed by atoms with Gasteiger partial charge in [0.2, 0.25) is 0 Å². The summed E-state index contributed by atoms with van der Waals surface area (Å²) >= 11 is 1.77. The molecule has 1 atom stereocenters. The summed E-state index contributed by atoms with van der Waals surface area (Å²) in [6.07, 6.45) is 0. The molecule has 1 aromatic rings. The number of hydrogen-bond donors (Lipinski definition) is 1. The standard InChI is InChI=1S/C12H16N2OS/c1-3-15-11-6-4-10(5-7-11)14-12-13-9(2)8-16-12/h4-7,9H,3,8H2,1-2H3,(H,13,14)/t9-/m0/s1. The second-order valence-electron chi connectivity index (χ2n) is 3.68. The van der Waals surface area contributed by atoms with E-state index in [-0.39, 0.29) is 0 Å². The summed E-state index contributed by atoms with van der Waals surface area (Å²) in [7, 11) is 0. The van der Waals surface area contributed by atoms with Crippen LogP contribution in [0.3, 0.4) is 0 Å². The van der Waals surface area contributed by atoms with Gasteiger partial charge in [-0.2, -0.15) is 0 Å². The van der Waals surface area contributed by atoms with Gasteiger partial charge in [0.1, 0.15) is 5.75 Å². The number of aliphatic imine (C=N–C) groups is 1. The summed E-state index contributed by atoms with van der Waals surface area (Å²) < 4.78 is 5.38. The van der Waals surface area contributed by atoms with Crippen LogP contribution in [0.15, 0.2) is 29.3 Å². The Kier molecular flexibility index (Phi) is 3.72. The summed E-state index contributed by atoms with van der Waals surface area (Å²) in [6, 6.07) is 8.38. The van der Waals surface area contributed by atoms with Crippen LogP contribution in [0.2, 0.25) is 0 Å². The van der Waals surface area contributed by atoms with Gasteiger partial charge in [0.05, 0.1) is 12.6 Å². The zero-order chi connectivity index (χ0) is 11.4. The van der Waals surface area contributed by atoms with Crippen molar-refractivity contribution < 1.29 is 4.74 Å². The Hall–Kier alpha value is -1.16. The molecule has 4 heteroatoms. The van der Waals surface area contributed by atoms with Crippen molar-refractivity contribution in [3.63, 3.8) is 0 Å². The van der Waals surface area contributed by atoms with E-state index in [2.05, 4.69) is 17.2 Å². The number of ether oxygens (including phenoxy) is 1. The van der Waals surface area contributed by atoms with Gasteiger partial charge in [-0.25, -0.2) is 0 Å². The highest BCUT2D eigenvalue weighted by atomic mass is 32.2. The minimum absolute atomic E-state index is 0.426. The average molecular weight is 236 g/mol. The predicted molar refractivity (Wildman–Crippen MR) is 70.6 cm³/mol. The Bertz CT molecular complexity index is 375. The van der Waals surface area contributed by atoms with Crippen LogP contribution in [-0.2, 0) is 0 Å². The molecule has 16 heavy (non-hydrogen) atoms. The van der Waals surface area contributed by atoms with Crippen molar-refractivity contribution in [1.82, 2.24) is 0 Å². The van der Waals surface area contributed by atoms with Crippen molar-refractivity contribution >= 4 is 22.6 Å². The Labute approximate surface area is 100 Å². The third kappa shape index (κ3) is 2.92. The van der Waals surface area contributed by atoms with Crippen LogP contribution < -0.4 is 10.1 Å². The largest absolute Gasteiger partial charge is 0.494 e. The van der Waals surface area contributed by atoms with Gasteiger partial charge in [-0.1, -0.05) is 11.8 Å². The van der Waals surface area contributed by atoms with Gasteiger partial charge in [0, 0.05) is 11.4 Å². The molecule has 0 saturated carbocycles. The molecular weight excluding hydrogens is 220 g/mol. The van der Waals surface area contributed by atoms with Crippen LogP contribution in [0.5, 0.6) is 5.75 Å². The topological polar surface area (TPSA) is 33.6 Å². The molecule has 0 aliphatic carbocycles. The minimum atomic E-state index is 0.426. The molecule has 0 spiro atoms. The zero-order valence-electron chi connectivity index (χ0n) is 9.56. The number of nitrogens with one attached hydrogen (secondary N) is 1. The molecule has 0 unspecified atom stereocenters. The predicted octanol–water partition coefficient (Wildman–Crippen LogP) is 2.99. The zero-order valence-corrected chi connectivity index (χ0v) is 10.4. The second-order valence-corrected chi connectivity index (χ2v) is 4.69. The van der Waals surface area contributed by atoms with Gasteiger partial charge in [0.25, 0.3) is 0 Å². The van der Waals surface area contributed by atoms with Crippen LogP contribution in [0.1, 0.15) is 13.8 Å². The summed E-state index contributed by atoms with van der Waals surface area (Å²) in [6.45, 7) is 4.81. The molecule has 0 saturated heterocycles. The van der Waals surface area contributed by atoms with E-state index < -0.39 is 0 Å². The van der Waals surface area contributed by atoms with Crippen molar-refractivity contribution in [2.45, 2.75) is 19.9 Å². The first kappa shape index (κ1) is 11.3. The molecule has 1 N–H and O–H groups in total. The van der Waals surface area contributed by atoms with E-state index >= 15 is 0 Å². The number of anilines is 1. The fourth-order valence-electron chi connectivity index (χ4n) is 1.47. The average Bonchev–Trinajstić information content (AvgIpc) is 2.67. The Morgan fingerprint density at radius 3 is 2.75 bits per heavy atom. The maximum absolute atomic E-state index is 5.38. The van der Waals surface area contributed by atoms with Crippen LogP contribution in [0.4, 0.5) is 5.69 Å². The van der Waals surface area contributed by atoms with Gasteiger partial charge >= 0.3 is 0 Å². The lowest BCUT2D eigenvalue weighted by molar-refractivity contribution is 0.340. The fraction of sp³-hybridized carbons (Fsp3) is 0.417. The van der Waals surface area contributed by atoms with Crippen molar-refractivity contribution in [3.8, 4) is 5.75 Å². The van der Waals surface area contributed by atoms with Crippen molar-refractivity contribution in [2.75, 3.05) is 17.7 Å². The Morgan fingerprint density at radius 2 is 2.19 bits per heavy atom. The minimum Gasteiger partial charge on any atom is -0.494 e. The normalized spacial score (nSPS) is 19.4. The maximum atomic E-state index is 5.38. The summed E-state index contributed by atoms with van der Waals surface area (Å²) in [4.78, 5) is 4.48. The van der Waals surface area contributed by atoms with Crippen LogP contribution >= 0.6 is 11.8 Å². The fourth-order valence-corrected chi connectivity index (χ4v) is 2.39. The lowest BCUT2D eigenvalue weighted by atomic mass is 10.3. The molecular formula is C12H16N2OS. The maximum Gasteiger partial charge on any atom is 0.161 e. The second kappa shape index (κ2) is 5.25. The first-order chi connectivity index (χ1) is 7.78. The number of amidine groups is 1. The molecule has 1 aliphatic heterocycles. The molecule has 3 nitrogen and oxygen atoms in total. The molecule has 86 valence electrons. The van der Waals surface area contributed by atoms with Crippen LogP contribution in [0.25, 0.3) is 0 Å². The number of thioether (sulfide) groups is 1. The SMILES string of the molecule is CCOc1ccc(NC2=N[C@@H](C)CS2)cc1. The monoisotopic (exact) mass is 236 g/mol. The van der Waals surface area contributed by atoms with Crippen molar-refractivity contribution in [3.05, 3.63) is 24.3 Å². The van der Waals surface area contributed by atoms with E-state index in [0.29, 0.717) is 12.6 Å². The molecule has 1 aromatic carbocycles. The Balaban J connectivity index is 1.97. The lowest BCUT2D eigenvalue weighted by Gasteiger charge is -2.06. The highest BCUT2D eigenvalue weighted by Gasteiger charge is 2.13. The number of rotatable bonds is 3. The molecule has 0 radical (unpaired) electrons. The van der Waals surface area contributed by atoms with E-state index in [1.54, 1.807) is 11.8 Å². The third-order valence-corrected chi connectivity index (χ3v) is 3.35.